The number of nitrogens with one attached hydrogen (secondary N) is 1. The van der Waals surface area contributed by atoms with Crippen LogP contribution in [0.15, 0.2) is 53.3 Å². The van der Waals surface area contributed by atoms with Gasteiger partial charge in [-0.1, -0.05) is 22.9 Å². The molecule has 0 radical (unpaired) electrons. The van der Waals surface area contributed by atoms with Crippen LogP contribution in [0, 0.1) is 6.92 Å². The zero-order chi connectivity index (χ0) is 21.0. The topological polar surface area (TPSA) is 118 Å². The summed E-state index contributed by atoms with van der Waals surface area (Å²) in [5, 5.41) is 6.59. The lowest BCUT2D eigenvalue weighted by molar-refractivity contribution is -0.120. The zero-order valence-corrected chi connectivity index (χ0v) is 17.0. The van der Waals surface area contributed by atoms with Crippen LogP contribution in [0.3, 0.4) is 0 Å². The number of rotatable bonds is 7. The number of aromatic nitrogens is 3. The molecular formula is C19H21N5O4S. The van der Waals surface area contributed by atoms with E-state index in [0.717, 1.165) is 21.7 Å². The van der Waals surface area contributed by atoms with Crippen molar-refractivity contribution in [1.29, 1.82) is 0 Å². The minimum absolute atomic E-state index is 0.214. The summed E-state index contributed by atoms with van der Waals surface area (Å²) in [6.45, 7) is 3.21. The van der Waals surface area contributed by atoms with E-state index < -0.39 is 22.0 Å². The number of sulfonamides is 1. The molecule has 0 unspecified atom stereocenters. The standard InChI is InChI=1S/C19H21N5O4S/c1-13-4-6-16(7-5-13)24(29(3,26)27)12-17(25)21-14(2)19-22-18(23-28-19)15-8-10-20-11-9-15/h4-11,14H,12H2,1-3H3,(H,21,25)/t14-/m1/s1. The molecule has 0 saturated carbocycles. The average molecular weight is 415 g/mol. The van der Waals surface area contributed by atoms with Gasteiger partial charge in [0.1, 0.15) is 12.6 Å². The van der Waals surface area contributed by atoms with Crippen molar-refractivity contribution in [3.63, 3.8) is 0 Å². The summed E-state index contributed by atoms with van der Waals surface area (Å²) in [7, 11) is -3.64. The summed E-state index contributed by atoms with van der Waals surface area (Å²) in [6.07, 6.45) is 4.28. The minimum Gasteiger partial charge on any atom is -0.343 e. The first-order valence-corrected chi connectivity index (χ1v) is 10.7. The van der Waals surface area contributed by atoms with Crippen molar-refractivity contribution in [1.82, 2.24) is 20.4 Å². The van der Waals surface area contributed by atoms with Crippen molar-refractivity contribution >= 4 is 21.6 Å². The molecule has 2 aromatic heterocycles. The predicted molar refractivity (Wildman–Crippen MR) is 107 cm³/mol. The van der Waals surface area contributed by atoms with Gasteiger partial charge in [0.15, 0.2) is 0 Å². The summed E-state index contributed by atoms with van der Waals surface area (Å²) in [5.74, 6) is 0.0967. The molecule has 3 rings (SSSR count). The summed E-state index contributed by atoms with van der Waals surface area (Å²) in [4.78, 5) is 20.7. The predicted octanol–water partition coefficient (Wildman–Crippen LogP) is 2.08. The lowest BCUT2D eigenvalue weighted by Crippen LogP contribution is -2.41. The van der Waals surface area contributed by atoms with Gasteiger partial charge in [0.05, 0.1) is 11.9 Å². The minimum atomic E-state index is -3.64. The largest absolute Gasteiger partial charge is 0.343 e. The Labute approximate surface area is 168 Å². The van der Waals surface area contributed by atoms with E-state index in [4.69, 9.17) is 4.52 Å². The zero-order valence-electron chi connectivity index (χ0n) is 16.2. The van der Waals surface area contributed by atoms with E-state index >= 15 is 0 Å². The van der Waals surface area contributed by atoms with E-state index in [0.29, 0.717) is 11.5 Å². The molecule has 0 spiro atoms. The Morgan fingerprint density at radius 1 is 1.17 bits per heavy atom. The third-order valence-electron chi connectivity index (χ3n) is 4.14. The van der Waals surface area contributed by atoms with Crippen LogP contribution < -0.4 is 9.62 Å². The molecule has 9 nitrogen and oxygen atoms in total. The highest BCUT2D eigenvalue weighted by molar-refractivity contribution is 7.92. The van der Waals surface area contributed by atoms with Crippen LogP contribution in [-0.4, -0.2) is 42.3 Å². The van der Waals surface area contributed by atoms with Crippen LogP contribution in [0.4, 0.5) is 5.69 Å². The maximum absolute atomic E-state index is 12.5. The van der Waals surface area contributed by atoms with E-state index in [1.165, 1.54) is 0 Å². The van der Waals surface area contributed by atoms with E-state index in [9.17, 15) is 13.2 Å². The van der Waals surface area contributed by atoms with Gasteiger partial charge in [0, 0.05) is 18.0 Å². The van der Waals surface area contributed by atoms with Crippen molar-refractivity contribution in [2.24, 2.45) is 0 Å². The van der Waals surface area contributed by atoms with Crippen LogP contribution in [0.25, 0.3) is 11.4 Å². The summed E-state index contributed by atoms with van der Waals surface area (Å²) < 4.78 is 30.6. The molecule has 1 N–H and O–H groups in total. The van der Waals surface area contributed by atoms with Crippen molar-refractivity contribution in [2.45, 2.75) is 19.9 Å². The second-order valence-electron chi connectivity index (χ2n) is 6.59. The Balaban J connectivity index is 1.70. The summed E-state index contributed by atoms with van der Waals surface area (Å²) in [5.41, 5.74) is 2.14. The molecule has 152 valence electrons. The Morgan fingerprint density at radius 2 is 1.83 bits per heavy atom. The average Bonchev–Trinajstić information content (AvgIpc) is 3.17. The van der Waals surface area contributed by atoms with Crippen molar-refractivity contribution in [3.8, 4) is 11.4 Å². The van der Waals surface area contributed by atoms with E-state index in [2.05, 4.69) is 20.4 Å². The third-order valence-corrected chi connectivity index (χ3v) is 5.28. The fourth-order valence-corrected chi connectivity index (χ4v) is 3.48. The number of carbonyl (C=O) groups is 1. The Morgan fingerprint density at radius 3 is 2.45 bits per heavy atom. The highest BCUT2D eigenvalue weighted by Crippen LogP contribution is 2.20. The normalized spacial score (nSPS) is 12.4. The van der Waals surface area contributed by atoms with Gasteiger partial charge < -0.3 is 9.84 Å². The molecule has 0 aliphatic carbocycles. The first kappa shape index (κ1) is 20.5. The Hall–Kier alpha value is -3.27. The second-order valence-corrected chi connectivity index (χ2v) is 8.49. The van der Waals surface area contributed by atoms with Gasteiger partial charge in [-0.05, 0) is 38.1 Å². The first-order chi connectivity index (χ1) is 13.7. The highest BCUT2D eigenvalue weighted by atomic mass is 32.2. The Kier molecular flexibility index (Phi) is 5.92. The lowest BCUT2D eigenvalue weighted by atomic mass is 10.2. The van der Waals surface area contributed by atoms with Crippen molar-refractivity contribution in [3.05, 3.63) is 60.2 Å². The van der Waals surface area contributed by atoms with E-state index in [1.807, 2.05) is 6.92 Å². The molecule has 3 aromatic rings. The summed E-state index contributed by atoms with van der Waals surface area (Å²) in [6, 6.07) is 9.77. The second kappa shape index (κ2) is 8.39. The van der Waals surface area contributed by atoms with Crippen molar-refractivity contribution in [2.75, 3.05) is 17.1 Å². The van der Waals surface area contributed by atoms with Crippen LogP contribution in [-0.2, 0) is 14.8 Å². The smallest absolute Gasteiger partial charge is 0.249 e. The summed E-state index contributed by atoms with van der Waals surface area (Å²) >= 11 is 0. The number of aryl methyl sites for hydroxylation is 1. The molecule has 1 atom stereocenters. The molecule has 0 aliphatic heterocycles. The van der Waals surface area contributed by atoms with Crippen LogP contribution in [0.5, 0.6) is 0 Å². The van der Waals surface area contributed by atoms with Crippen molar-refractivity contribution < 1.29 is 17.7 Å². The molecule has 1 amide bonds. The number of benzene rings is 1. The molecule has 1 aromatic carbocycles. The molecule has 0 saturated heterocycles. The fourth-order valence-electron chi connectivity index (χ4n) is 2.62. The van der Waals surface area contributed by atoms with Gasteiger partial charge in [-0.25, -0.2) is 8.42 Å². The molecule has 0 aliphatic rings. The molecular weight excluding hydrogens is 394 g/mol. The van der Waals surface area contributed by atoms with Gasteiger partial charge in [-0.3, -0.25) is 14.1 Å². The third kappa shape index (κ3) is 5.17. The van der Waals surface area contributed by atoms with E-state index in [1.54, 1.807) is 55.7 Å². The number of amides is 1. The SMILES string of the molecule is Cc1ccc(N(CC(=O)N[C@H](C)c2nc(-c3ccncc3)no2)S(C)(=O)=O)cc1. The fraction of sp³-hybridized carbons (Fsp3) is 0.263. The molecule has 10 heteroatoms. The van der Waals surface area contributed by atoms with Crippen LogP contribution in [0.1, 0.15) is 24.4 Å². The number of hydrogen-bond acceptors (Lipinski definition) is 7. The highest BCUT2D eigenvalue weighted by Gasteiger charge is 2.23. The molecule has 29 heavy (non-hydrogen) atoms. The quantitative estimate of drug-likeness (QED) is 0.627. The van der Waals surface area contributed by atoms with Gasteiger partial charge in [0.2, 0.25) is 27.6 Å². The van der Waals surface area contributed by atoms with E-state index in [-0.39, 0.29) is 12.4 Å². The number of pyridine rings is 1. The van der Waals surface area contributed by atoms with Crippen LogP contribution in [0.2, 0.25) is 0 Å². The number of anilines is 1. The van der Waals surface area contributed by atoms with Gasteiger partial charge in [-0.2, -0.15) is 4.98 Å². The van der Waals surface area contributed by atoms with Gasteiger partial charge in [-0.15, -0.1) is 0 Å². The maximum Gasteiger partial charge on any atom is 0.249 e. The number of hydrogen-bond donors (Lipinski definition) is 1. The van der Waals surface area contributed by atoms with Crippen LogP contribution >= 0.6 is 0 Å². The van der Waals surface area contributed by atoms with Gasteiger partial charge in [0.25, 0.3) is 0 Å². The Bertz CT molecular complexity index is 1080. The lowest BCUT2D eigenvalue weighted by Gasteiger charge is -2.22. The monoisotopic (exact) mass is 415 g/mol. The van der Waals surface area contributed by atoms with Gasteiger partial charge >= 0.3 is 0 Å². The number of carbonyl (C=O) groups excluding carboxylic acids is 1. The first-order valence-electron chi connectivity index (χ1n) is 8.82. The maximum atomic E-state index is 12.5. The molecule has 0 bridgehead atoms. The molecule has 2 heterocycles. The molecule has 0 fully saturated rings. The number of nitrogens with zero attached hydrogens (tertiary/aromatic N) is 4.